The largest absolute Gasteiger partial charge is 0.481 e. The van der Waals surface area contributed by atoms with E-state index in [0.29, 0.717) is 0 Å². The third-order valence-corrected chi connectivity index (χ3v) is 2.90. The average Bonchev–Trinajstić information content (AvgIpc) is 3.19. The van der Waals surface area contributed by atoms with E-state index in [2.05, 4.69) is 0 Å². The lowest BCUT2D eigenvalue weighted by Gasteiger charge is -2.09. The monoisotopic (exact) mass is 295 g/mol. The Morgan fingerprint density at radius 1 is 0.900 bits per heavy atom. The fraction of sp³-hybridized carbons (Fsp3) is 0.273. The number of benzene rings is 1. The van der Waals surface area contributed by atoms with Crippen molar-refractivity contribution in [1.29, 1.82) is 0 Å². The van der Waals surface area contributed by atoms with E-state index >= 15 is 0 Å². The Labute approximate surface area is 108 Å². The van der Waals surface area contributed by atoms with Crippen molar-refractivity contribution in [2.24, 2.45) is 11.8 Å². The molecule has 0 bridgehead atoms. The van der Waals surface area contributed by atoms with Gasteiger partial charge in [-0.05, 0) is 6.42 Å². The second-order valence-corrected chi connectivity index (χ2v) is 4.22. The van der Waals surface area contributed by atoms with Crippen molar-refractivity contribution in [1.82, 2.24) is 0 Å². The van der Waals surface area contributed by atoms with Crippen molar-refractivity contribution in [3.05, 3.63) is 29.1 Å². The van der Waals surface area contributed by atoms with E-state index in [1.807, 2.05) is 0 Å². The van der Waals surface area contributed by atoms with Crippen LogP contribution >= 0.6 is 0 Å². The Morgan fingerprint density at radius 3 is 1.75 bits per heavy atom. The Balaban J connectivity index is 2.27. The quantitative estimate of drug-likeness (QED) is 0.509. The van der Waals surface area contributed by atoms with Crippen LogP contribution in [0.2, 0.25) is 0 Å². The summed E-state index contributed by atoms with van der Waals surface area (Å²) in [7, 11) is 0. The minimum atomic E-state index is -2.34. The normalized spacial score (nSPS) is 20.6. The highest BCUT2D eigenvalue weighted by atomic mass is 19.2. The molecule has 0 radical (unpaired) electrons. The number of carbonyl (C=O) groups is 2. The number of carbonyl (C=O) groups excluding carboxylic acids is 1. The zero-order valence-corrected chi connectivity index (χ0v) is 9.52. The minimum Gasteiger partial charge on any atom is -0.481 e. The molecular formula is C11H6F5NO3. The highest BCUT2D eigenvalue weighted by Crippen LogP contribution is 2.40. The van der Waals surface area contributed by atoms with Crippen LogP contribution in [0.1, 0.15) is 6.42 Å². The van der Waals surface area contributed by atoms with Gasteiger partial charge in [0.1, 0.15) is 5.69 Å². The van der Waals surface area contributed by atoms with Crippen LogP contribution in [-0.2, 0) is 9.59 Å². The molecule has 2 unspecified atom stereocenters. The van der Waals surface area contributed by atoms with Crippen molar-refractivity contribution in [3.8, 4) is 0 Å². The first-order valence-corrected chi connectivity index (χ1v) is 5.30. The van der Waals surface area contributed by atoms with E-state index in [9.17, 15) is 31.5 Å². The molecule has 20 heavy (non-hydrogen) atoms. The molecule has 2 atom stereocenters. The van der Waals surface area contributed by atoms with E-state index in [1.54, 1.807) is 0 Å². The van der Waals surface area contributed by atoms with E-state index in [0.717, 1.165) is 0 Å². The molecule has 0 heterocycles. The lowest BCUT2D eigenvalue weighted by Crippen LogP contribution is -2.20. The van der Waals surface area contributed by atoms with Crippen molar-refractivity contribution < 1.29 is 36.6 Å². The molecule has 1 aliphatic carbocycles. The van der Waals surface area contributed by atoms with E-state index in [4.69, 9.17) is 5.11 Å². The number of amides is 1. The summed E-state index contributed by atoms with van der Waals surface area (Å²) in [6.45, 7) is 0. The summed E-state index contributed by atoms with van der Waals surface area (Å²) in [4.78, 5) is 22.0. The van der Waals surface area contributed by atoms with Gasteiger partial charge in [-0.1, -0.05) is 0 Å². The molecule has 1 aromatic rings. The zero-order chi connectivity index (χ0) is 15.2. The van der Waals surface area contributed by atoms with Gasteiger partial charge in [0.2, 0.25) is 11.7 Å². The van der Waals surface area contributed by atoms with Crippen LogP contribution in [0.25, 0.3) is 0 Å². The van der Waals surface area contributed by atoms with Crippen molar-refractivity contribution in [2.75, 3.05) is 5.32 Å². The Kier molecular flexibility index (Phi) is 3.36. The maximum absolute atomic E-state index is 13.3. The zero-order valence-electron chi connectivity index (χ0n) is 9.52. The van der Waals surface area contributed by atoms with Gasteiger partial charge in [0.15, 0.2) is 23.3 Å². The smallest absolute Gasteiger partial charge is 0.307 e. The van der Waals surface area contributed by atoms with Gasteiger partial charge in [-0.3, -0.25) is 9.59 Å². The predicted octanol–water partition coefficient (Wildman–Crippen LogP) is 2.04. The number of hydrogen-bond donors (Lipinski definition) is 2. The SMILES string of the molecule is O=C(O)C1CC1C(=O)Nc1c(F)c(F)c(F)c(F)c1F. The summed E-state index contributed by atoms with van der Waals surface area (Å²) in [5.41, 5.74) is -1.48. The topological polar surface area (TPSA) is 66.4 Å². The number of halogens is 5. The molecule has 1 saturated carbocycles. The summed E-state index contributed by atoms with van der Waals surface area (Å²) in [6.07, 6.45) is -0.0590. The van der Waals surface area contributed by atoms with Gasteiger partial charge < -0.3 is 10.4 Å². The minimum absolute atomic E-state index is 0.0590. The molecule has 0 aliphatic heterocycles. The van der Waals surface area contributed by atoms with Crippen LogP contribution in [0.5, 0.6) is 0 Å². The number of hydrogen-bond acceptors (Lipinski definition) is 2. The molecule has 9 heteroatoms. The molecule has 1 aromatic carbocycles. The summed E-state index contributed by atoms with van der Waals surface area (Å²) in [6, 6.07) is 0. The van der Waals surface area contributed by atoms with Gasteiger partial charge in [-0.25, -0.2) is 22.0 Å². The standard InChI is InChI=1S/C11H6F5NO3/c12-4-5(13)7(15)9(8(16)6(4)14)17-10(18)2-1-3(2)11(19)20/h2-3H,1H2,(H,17,18)(H,19,20). The highest BCUT2D eigenvalue weighted by molar-refractivity contribution is 5.98. The molecule has 1 amide bonds. The number of nitrogens with one attached hydrogen (secondary N) is 1. The third-order valence-electron chi connectivity index (χ3n) is 2.90. The van der Waals surface area contributed by atoms with Gasteiger partial charge in [0.05, 0.1) is 11.8 Å². The van der Waals surface area contributed by atoms with Crippen molar-refractivity contribution in [3.63, 3.8) is 0 Å². The van der Waals surface area contributed by atoms with Crippen molar-refractivity contribution in [2.45, 2.75) is 6.42 Å². The van der Waals surface area contributed by atoms with Crippen LogP contribution in [0.15, 0.2) is 0 Å². The molecule has 2 rings (SSSR count). The first kappa shape index (κ1) is 14.2. The number of carboxylic acids is 1. The number of anilines is 1. The molecule has 0 spiro atoms. The lowest BCUT2D eigenvalue weighted by atomic mass is 10.2. The summed E-state index contributed by atoms with van der Waals surface area (Å²) < 4.78 is 65.0. The summed E-state index contributed by atoms with van der Waals surface area (Å²) in [5.74, 6) is -15.5. The van der Waals surface area contributed by atoms with E-state index in [1.165, 1.54) is 5.32 Å². The third kappa shape index (κ3) is 2.19. The predicted molar refractivity (Wildman–Crippen MR) is 54.1 cm³/mol. The van der Waals surface area contributed by atoms with Gasteiger partial charge in [0.25, 0.3) is 0 Å². The molecular weight excluding hydrogens is 289 g/mol. The molecule has 0 saturated heterocycles. The van der Waals surface area contributed by atoms with E-state index in [-0.39, 0.29) is 6.42 Å². The van der Waals surface area contributed by atoms with Crippen LogP contribution in [0, 0.1) is 40.9 Å². The fourth-order valence-corrected chi connectivity index (χ4v) is 1.69. The summed E-state index contributed by atoms with van der Waals surface area (Å²) >= 11 is 0. The highest BCUT2D eigenvalue weighted by Gasteiger charge is 2.48. The summed E-state index contributed by atoms with van der Waals surface area (Å²) in [5, 5.41) is 10.1. The Hall–Kier alpha value is -2.19. The first-order chi connectivity index (χ1) is 9.25. The first-order valence-electron chi connectivity index (χ1n) is 5.30. The van der Waals surface area contributed by atoms with Crippen molar-refractivity contribution >= 4 is 17.6 Å². The maximum Gasteiger partial charge on any atom is 0.307 e. The van der Waals surface area contributed by atoms with Gasteiger partial charge in [-0.15, -0.1) is 0 Å². The second-order valence-electron chi connectivity index (χ2n) is 4.22. The Bertz CT molecular complexity index is 590. The fourth-order valence-electron chi connectivity index (χ4n) is 1.69. The van der Waals surface area contributed by atoms with E-state index < -0.39 is 58.5 Å². The molecule has 4 nitrogen and oxygen atoms in total. The molecule has 2 N–H and O–H groups in total. The second kappa shape index (κ2) is 4.73. The van der Waals surface area contributed by atoms with Gasteiger partial charge in [-0.2, -0.15) is 0 Å². The molecule has 1 fully saturated rings. The number of aliphatic carboxylic acids is 1. The lowest BCUT2D eigenvalue weighted by molar-refractivity contribution is -0.139. The van der Waals surface area contributed by atoms with Gasteiger partial charge >= 0.3 is 5.97 Å². The van der Waals surface area contributed by atoms with Crippen LogP contribution in [-0.4, -0.2) is 17.0 Å². The van der Waals surface area contributed by atoms with Crippen LogP contribution in [0.3, 0.4) is 0 Å². The number of rotatable bonds is 3. The molecule has 108 valence electrons. The van der Waals surface area contributed by atoms with Crippen LogP contribution in [0.4, 0.5) is 27.6 Å². The average molecular weight is 295 g/mol. The Morgan fingerprint density at radius 2 is 1.35 bits per heavy atom. The molecule has 0 aromatic heterocycles. The maximum atomic E-state index is 13.3. The molecule has 1 aliphatic rings. The van der Waals surface area contributed by atoms with Crippen LogP contribution < -0.4 is 5.32 Å². The van der Waals surface area contributed by atoms with Gasteiger partial charge in [0, 0.05) is 0 Å². The number of carboxylic acid groups (broad SMARTS) is 1.